The third-order valence-corrected chi connectivity index (χ3v) is 5.72. The highest BCUT2D eigenvalue weighted by Gasteiger charge is 2.14. The fourth-order valence-corrected chi connectivity index (χ4v) is 3.72. The van der Waals surface area contributed by atoms with Crippen molar-refractivity contribution in [1.82, 2.24) is 14.8 Å². The number of rotatable bonds is 7. The van der Waals surface area contributed by atoms with E-state index in [1.54, 1.807) is 24.9 Å². The number of hydrogen-bond donors (Lipinski definition) is 0. The summed E-state index contributed by atoms with van der Waals surface area (Å²) in [6.07, 6.45) is 0. The van der Waals surface area contributed by atoms with Gasteiger partial charge in [0.25, 0.3) is 0 Å². The van der Waals surface area contributed by atoms with Gasteiger partial charge in [0.1, 0.15) is 0 Å². The maximum absolute atomic E-state index is 6.09. The number of nitrogens with zero attached hydrogens (tertiary/aromatic N) is 3. The van der Waals surface area contributed by atoms with Crippen molar-refractivity contribution in [2.75, 3.05) is 13.7 Å². The van der Waals surface area contributed by atoms with Crippen LogP contribution >= 0.6 is 46.6 Å². The van der Waals surface area contributed by atoms with Crippen molar-refractivity contribution >= 4 is 46.6 Å². The molecule has 0 amide bonds. The van der Waals surface area contributed by atoms with Gasteiger partial charge in [0.05, 0.1) is 23.2 Å². The van der Waals surface area contributed by atoms with Crippen molar-refractivity contribution in [1.29, 1.82) is 0 Å². The Kier molecular flexibility index (Phi) is 6.84. The molecule has 0 N–H and O–H groups in total. The lowest BCUT2D eigenvalue weighted by molar-refractivity contribution is 0.185. The van der Waals surface area contributed by atoms with Crippen LogP contribution in [0, 0.1) is 0 Å². The van der Waals surface area contributed by atoms with E-state index in [0.717, 1.165) is 22.1 Å². The zero-order chi connectivity index (χ0) is 18.5. The van der Waals surface area contributed by atoms with E-state index < -0.39 is 0 Å². The Balaban J connectivity index is 1.83. The summed E-state index contributed by atoms with van der Waals surface area (Å²) in [5, 5.41) is 11.3. The summed E-state index contributed by atoms with van der Waals surface area (Å²) in [7, 11) is 1.68. The molecule has 2 aromatic carbocycles. The van der Waals surface area contributed by atoms with E-state index >= 15 is 0 Å². The maximum atomic E-state index is 6.09. The topological polar surface area (TPSA) is 39.9 Å². The van der Waals surface area contributed by atoms with Crippen LogP contribution in [0.4, 0.5) is 0 Å². The van der Waals surface area contributed by atoms with Gasteiger partial charge in [0, 0.05) is 23.4 Å². The van der Waals surface area contributed by atoms with Crippen LogP contribution in [0.5, 0.6) is 0 Å². The van der Waals surface area contributed by atoms with Gasteiger partial charge in [0.2, 0.25) is 0 Å². The second kappa shape index (κ2) is 9.11. The van der Waals surface area contributed by atoms with Crippen LogP contribution in [0.2, 0.25) is 15.1 Å². The smallest absolute Gasteiger partial charge is 0.191 e. The Hall–Kier alpha value is -1.24. The van der Waals surface area contributed by atoms with Gasteiger partial charge in [-0.1, -0.05) is 52.6 Å². The molecule has 0 radical (unpaired) electrons. The van der Waals surface area contributed by atoms with Crippen molar-refractivity contribution in [3.8, 4) is 11.4 Å². The Morgan fingerprint density at radius 2 is 1.77 bits per heavy atom. The second-order valence-electron chi connectivity index (χ2n) is 5.49. The maximum Gasteiger partial charge on any atom is 0.191 e. The van der Waals surface area contributed by atoms with Crippen molar-refractivity contribution in [2.24, 2.45) is 0 Å². The first-order chi connectivity index (χ1) is 12.6. The Bertz CT molecular complexity index is 884. The highest BCUT2D eigenvalue weighted by Crippen LogP contribution is 2.29. The van der Waals surface area contributed by atoms with Crippen molar-refractivity contribution < 1.29 is 4.74 Å². The summed E-state index contributed by atoms with van der Waals surface area (Å²) in [5.74, 6) is 1.50. The highest BCUT2D eigenvalue weighted by molar-refractivity contribution is 7.98. The molecular weight excluding hydrogens is 413 g/mol. The summed E-state index contributed by atoms with van der Waals surface area (Å²) < 4.78 is 7.28. The Labute approximate surface area is 171 Å². The summed E-state index contributed by atoms with van der Waals surface area (Å²) in [4.78, 5) is 0. The molecule has 0 saturated heterocycles. The number of aromatic nitrogens is 3. The molecule has 0 fully saturated rings. The lowest BCUT2D eigenvalue weighted by Gasteiger charge is -2.10. The molecule has 1 heterocycles. The Morgan fingerprint density at radius 3 is 2.46 bits per heavy atom. The molecule has 0 spiro atoms. The largest absolute Gasteiger partial charge is 0.383 e. The third-order valence-electron chi connectivity index (χ3n) is 3.69. The fraction of sp³-hybridized carbons (Fsp3) is 0.222. The van der Waals surface area contributed by atoms with Crippen LogP contribution in [0.1, 0.15) is 5.56 Å². The second-order valence-corrected chi connectivity index (χ2v) is 7.69. The monoisotopic (exact) mass is 427 g/mol. The van der Waals surface area contributed by atoms with Crippen LogP contribution < -0.4 is 0 Å². The third kappa shape index (κ3) is 4.72. The molecule has 1 aromatic heterocycles. The van der Waals surface area contributed by atoms with Crippen LogP contribution in [0.25, 0.3) is 11.4 Å². The normalized spacial score (nSPS) is 11.1. The number of benzene rings is 2. The predicted octanol–water partition coefficient (Wildman–Crippen LogP) is 5.84. The van der Waals surface area contributed by atoms with Crippen LogP contribution in [0.15, 0.2) is 47.6 Å². The first-order valence-corrected chi connectivity index (χ1v) is 9.95. The molecule has 0 unspecified atom stereocenters. The summed E-state index contributed by atoms with van der Waals surface area (Å²) >= 11 is 19.6. The number of ether oxygens (including phenoxy) is 1. The van der Waals surface area contributed by atoms with Crippen molar-refractivity contribution in [3.05, 3.63) is 63.1 Å². The standard InChI is InChI=1S/C18H16Cl3N3OS/c1-25-9-8-24-17(13-3-5-14(19)6-4-13)22-23-18(24)26-11-12-2-7-15(20)16(21)10-12/h2-7,10H,8-9,11H2,1H3. The molecule has 136 valence electrons. The lowest BCUT2D eigenvalue weighted by Crippen LogP contribution is -2.07. The minimum atomic E-state index is 0.549. The lowest BCUT2D eigenvalue weighted by atomic mass is 10.2. The van der Waals surface area contributed by atoms with E-state index in [2.05, 4.69) is 14.8 Å². The molecule has 26 heavy (non-hydrogen) atoms. The van der Waals surface area contributed by atoms with Gasteiger partial charge in [-0.05, 0) is 42.0 Å². The molecular formula is C18H16Cl3N3OS. The molecule has 0 bridgehead atoms. The quantitative estimate of drug-likeness (QED) is 0.443. The minimum Gasteiger partial charge on any atom is -0.383 e. The van der Waals surface area contributed by atoms with Crippen LogP contribution in [0.3, 0.4) is 0 Å². The van der Waals surface area contributed by atoms with Crippen LogP contribution in [-0.4, -0.2) is 28.5 Å². The molecule has 0 aliphatic heterocycles. The fourth-order valence-electron chi connectivity index (χ4n) is 2.37. The average Bonchev–Trinajstić information content (AvgIpc) is 3.04. The molecule has 0 aliphatic carbocycles. The number of thioether (sulfide) groups is 1. The SMILES string of the molecule is COCCn1c(SCc2ccc(Cl)c(Cl)c2)nnc1-c1ccc(Cl)cc1. The number of halogens is 3. The summed E-state index contributed by atoms with van der Waals surface area (Å²) in [5.41, 5.74) is 2.03. The molecule has 8 heteroatoms. The van der Waals surface area contributed by atoms with E-state index in [-0.39, 0.29) is 0 Å². The minimum absolute atomic E-state index is 0.549. The summed E-state index contributed by atoms with van der Waals surface area (Å²) in [6, 6.07) is 13.2. The average molecular weight is 429 g/mol. The van der Waals surface area contributed by atoms with E-state index in [1.165, 1.54) is 0 Å². The van der Waals surface area contributed by atoms with E-state index in [4.69, 9.17) is 39.5 Å². The zero-order valence-electron chi connectivity index (χ0n) is 14.0. The van der Waals surface area contributed by atoms with Gasteiger partial charge in [-0.2, -0.15) is 0 Å². The van der Waals surface area contributed by atoms with Crippen LogP contribution in [-0.2, 0) is 17.0 Å². The van der Waals surface area contributed by atoms with Crippen molar-refractivity contribution in [2.45, 2.75) is 17.5 Å². The van der Waals surface area contributed by atoms with Gasteiger partial charge in [0.15, 0.2) is 11.0 Å². The van der Waals surface area contributed by atoms with Gasteiger partial charge < -0.3 is 4.74 Å². The number of methoxy groups -OCH3 is 1. The van der Waals surface area contributed by atoms with Gasteiger partial charge in [-0.25, -0.2) is 0 Å². The van der Waals surface area contributed by atoms with E-state index in [9.17, 15) is 0 Å². The van der Waals surface area contributed by atoms with Gasteiger partial charge in [-0.15, -0.1) is 10.2 Å². The van der Waals surface area contributed by atoms with Crippen molar-refractivity contribution in [3.63, 3.8) is 0 Å². The molecule has 4 nitrogen and oxygen atoms in total. The van der Waals surface area contributed by atoms with E-state index in [1.807, 2.05) is 36.4 Å². The zero-order valence-corrected chi connectivity index (χ0v) is 17.0. The van der Waals surface area contributed by atoms with E-state index in [0.29, 0.717) is 34.0 Å². The Morgan fingerprint density at radius 1 is 1.00 bits per heavy atom. The highest BCUT2D eigenvalue weighted by atomic mass is 35.5. The molecule has 3 aromatic rings. The number of hydrogen-bond acceptors (Lipinski definition) is 4. The molecule has 0 aliphatic rings. The summed E-state index contributed by atoms with van der Waals surface area (Å²) in [6.45, 7) is 1.23. The molecule has 0 saturated carbocycles. The molecule has 3 rings (SSSR count). The first kappa shape index (κ1) is 19.5. The predicted molar refractivity (Wildman–Crippen MR) is 108 cm³/mol. The first-order valence-electron chi connectivity index (χ1n) is 7.83. The van der Waals surface area contributed by atoms with Gasteiger partial charge in [-0.3, -0.25) is 4.57 Å². The molecule has 0 atom stereocenters. The van der Waals surface area contributed by atoms with Gasteiger partial charge >= 0.3 is 0 Å².